The molecule has 144 heavy (non-hydrogen) atoms. The van der Waals surface area contributed by atoms with E-state index >= 15 is 0 Å². The van der Waals surface area contributed by atoms with Crippen molar-refractivity contribution < 1.29 is 83.3 Å². The predicted molar refractivity (Wildman–Crippen MR) is 552 cm³/mol. The van der Waals surface area contributed by atoms with Crippen LogP contribution in [0.4, 0.5) is 17.6 Å². The smallest absolute Gasteiger partial charge is 0.236 e. The number of hydrogen-bond acceptors (Lipinski definition) is 20. The number of rotatable bonds is 34. The Bertz CT molecular complexity index is 7550. The van der Waals surface area contributed by atoms with E-state index < -0.39 is 73.8 Å². The number of benzene rings is 10. The molecule has 0 spiro atoms. The van der Waals surface area contributed by atoms with E-state index in [9.17, 15) is 59.7 Å². The van der Waals surface area contributed by atoms with E-state index in [1.54, 1.807) is 170 Å². The molecule has 15 aromatic rings. The van der Waals surface area contributed by atoms with Gasteiger partial charge in [-0.3, -0.25) is 0 Å². The van der Waals surface area contributed by atoms with Gasteiger partial charge in [-0.1, -0.05) is 109 Å². The Hall–Kier alpha value is -14.8. The average molecular weight is 2060 g/mol. The minimum absolute atomic E-state index is 0.178. The minimum Gasteiger partial charge on any atom is -0.495 e. The fraction of sp³-hybridized carbons (Fsp3) is 0.190. The van der Waals surface area contributed by atoms with Crippen LogP contribution in [-0.4, -0.2) is 137 Å². The molecule has 10 aromatic carbocycles. The summed E-state index contributed by atoms with van der Waals surface area (Å²) >= 11 is 0. The van der Waals surface area contributed by atoms with E-state index in [-0.39, 0.29) is 29.8 Å². The summed E-state index contributed by atoms with van der Waals surface area (Å²) < 4.78 is 224. The van der Waals surface area contributed by atoms with Gasteiger partial charge < -0.3 is 46.5 Å². The molecule has 30 nitrogen and oxygen atoms in total. The largest absolute Gasteiger partial charge is 0.495 e. The van der Waals surface area contributed by atoms with Gasteiger partial charge in [-0.2, -0.15) is 4.31 Å². The second-order valence-electron chi connectivity index (χ2n) is 33.0. The molecule has 0 fully saturated rings. The quantitative estimate of drug-likeness (QED) is 0.0272. The van der Waals surface area contributed by atoms with Crippen LogP contribution < -0.4 is 42.6 Å². The van der Waals surface area contributed by atoms with Crippen molar-refractivity contribution in [1.82, 2.24) is 70.9 Å². The normalized spacial score (nSPS) is 13.2. The number of nitrogens with zero attached hydrogens (tertiary/aromatic N) is 11. The van der Waals surface area contributed by atoms with Crippen LogP contribution in [0, 0.1) is 57.9 Å². The number of hydrogen-bond donors (Lipinski definition) is 4. The summed E-state index contributed by atoms with van der Waals surface area (Å²) in [7, 11) is -8.95. The van der Waals surface area contributed by atoms with Gasteiger partial charge in [0.05, 0.1) is 124 Å². The first kappa shape index (κ1) is 108. The summed E-state index contributed by atoms with van der Waals surface area (Å²) in [4.78, 5) is 21.0. The van der Waals surface area contributed by atoms with Crippen LogP contribution in [0.2, 0.25) is 0 Å². The summed E-state index contributed by atoms with van der Waals surface area (Å²) in [6.07, 6.45) is 27.1. The Morgan fingerprint density at radius 2 is 0.681 bits per heavy atom. The molecule has 5 aromatic heterocycles. The number of halogens is 4. The Kier molecular flexibility index (Phi) is 37.0. The molecule has 0 bridgehead atoms. The molecule has 39 heteroatoms. The highest BCUT2D eigenvalue weighted by Gasteiger charge is 2.27. The molecule has 16 rings (SSSR count). The third kappa shape index (κ3) is 31.4. The number of nitrogens with one attached hydrogen (secondary N) is 4. The third-order valence-electron chi connectivity index (χ3n) is 22.1. The number of aryl methyl sites for hydroxylation is 6. The molecule has 3 atom stereocenters. The standard InChI is InChI=1S/C22H23N3O3S.2C21H22FN3O3S.C21H23N3O3S.C20H19F2N3O3S/c1-16-14-25(15-23-16)21-10-7-17(13-22(21)28-2)11-12-29(26,27)24-20-9-8-18-5-3-4-6-19(18)20;2*1-15-13-25(14-23-15)20-9-4-17(12-21(20)28-3)10-11-29(26,27)24-16(2)18-5-7-19(22)8-6-18;1-17-14-24(16-22-17)20-10-9-18(13-21(20)27-3)11-12-28(25,26)23(2)15-19-7-5-4-6-8-19;1-14-12-25(13-23-14)19-4-3-15(9-20(19)28-2)5-6-29(26,27)24-11-16-7-17(21)10-18(22)8-16/h3-7,10-15,20,24H,8-9H2,1-2H3;2*4-14,16,24H,1-3H3;4-14,16H,15H2,1-3H3;3-10,12-13,24H,11H2,1-2H3/b12-11+;2*11-10+;12-11+;6-5+/t20-;2*16-;;/m110../s1. The molecule has 0 unspecified atom stereocenters. The summed E-state index contributed by atoms with van der Waals surface area (Å²) in [6.45, 7) is 13.0. The van der Waals surface area contributed by atoms with Crippen LogP contribution in [0.25, 0.3) is 58.8 Å². The van der Waals surface area contributed by atoms with E-state index in [0.29, 0.717) is 63.1 Å². The maximum Gasteiger partial charge on any atom is 0.236 e. The molecule has 0 saturated heterocycles. The van der Waals surface area contributed by atoms with Gasteiger partial charge in [0.25, 0.3) is 0 Å². The van der Waals surface area contributed by atoms with Crippen LogP contribution in [-0.2, 0) is 69.6 Å². The fourth-order valence-electron chi connectivity index (χ4n) is 14.8. The topological polar surface area (TPSA) is 357 Å². The number of ether oxygens (including phenoxy) is 5. The molecule has 0 saturated carbocycles. The Morgan fingerprint density at radius 1 is 0.368 bits per heavy atom. The van der Waals surface area contributed by atoms with Gasteiger partial charge in [0.15, 0.2) is 0 Å². The zero-order valence-electron chi connectivity index (χ0n) is 80.9. The zero-order valence-corrected chi connectivity index (χ0v) is 85.0. The van der Waals surface area contributed by atoms with Crippen molar-refractivity contribution in [1.29, 1.82) is 0 Å². The number of fused-ring (bicyclic) bond motifs is 1. The first-order valence-corrected chi connectivity index (χ1v) is 52.3. The van der Waals surface area contributed by atoms with Crippen molar-refractivity contribution in [3.8, 4) is 57.2 Å². The second kappa shape index (κ2) is 49.3. The van der Waals surface area contributed by atoms with Crippen molar-refractivity contribution >= 4 is 80.5 Å². The van der Waals surface area contributed by atoms with Gasteiger partial charge in [0.2, 0.25) is 50.1 Å². The second-order valence-corrected chi connectivity index (χ2v) is 41.4. The lowest BCUT2D eigenvalue weighted by atomic mass is 10.1. The maximum atomic E-state index is 13.2. The van der Waals surface area contributed by atoms with Crippen molar-refractivity contribution in [3.63, 3.8) is 0 Å². The van der Waals surface area contributed by atoms with Gasteiger partial charge in [0, 0.05) is 102 Å². The number of sulfonamides is 5. The molecule has 0 amide bonds. The number of methoxy groups -OCH3 is 5. The highest BCUT2D eigenvalue weighted by Crippen LogP contribution is 2.35. The van der Waals surface area contributed by atoms with E-state index in [4.69, 9.17) is 23.7 Å². The lowest BCUT2D eigenvalue weighted by Crippen LogP contribution is -2.25. The lowest BCUT2D eigenvalue weighted by Gasteiger charge is -2.14. The van der Waals surface area contributed by atoms with Gasteiger partial charge in [-0.25, -0.2) is 103 Å². The molecule has 0 radical (unpaired) electrons. The number of aromatic nitrogens is 10. The Labute approximate surface area is 836 Å². The van der Waals surface area contributed by atoms with E-state index in [0.717, 1.165) is 126 Å². The van der Waals surface area contributed by atoms with Crippen LogP contribution in [0.15, 0.2) is 302 Å². The summed E-state index contributed by atoms with van der Waals surface area (Å²) in [5, 5.41) is 5.61. The van der Waals surface area contributed by atoms with Crippen molar-refractivity contribution in [2.45, 2.75) is 92.5 Å². The van der Waals surface area contributed by atoms with Crippen LogP contribution in [0.1, 0.15) is 128 Å². The minimum atomic E-state index is -3.81. The Morgan fingerprint density at radius 3 is 1.01 bits per heavy atom. The SMILES string of the molecule is COc1cc(/C=C/S(=O)(=O)N(C)Cc2ccccc2)ccc1-n1cnc(C)c1.COc1cc(/C=C/S(=O)(=O)NCc2cc(F)cc(F)c2)ccc1-n1cnc(C)c1.COc1cc(/C=C/S(=O)(=O)N[C@@H](C)c2ccc(F)cc2)ccc1-n1cnc(C)c1.COc1cc(/C=C/S(=O)(=O)N[C@@H]2CCc3ccccc32)ccc1-n1cnc(C)c1.COc1cc(/C=C/S(=O)(=O)N[C@H](C)c2ccc(F)cc2)ccc1-n1cnc(C)c1. The molecule has 752 valence electrons. The fourth-order valence-corrected chi connectivity index (χ4v) is 19.6. The van der Waals surface area contributed by atoms with Crippen molar-refractivity contribution in [2.75, 3.05) is 42.6 Å². The van der Waals surface area contributed by atoms with Gasteiger partial charge in [-0.05, 0) is 250 Å². The van der Waals surface area contributed by atoms with Crippen molar-refractivity contribution in [2.24, 2.45) is 0 Å². The highest BCUT2D eigenvalue weighted by molar-refractivity contribution is 7.93. The van der Waals surface area contributed by atoms with Gasteiger partial charge in [-0.15, -0.1) is 0 Å². The van der Waals surface area contributed by atoms with E-state index in [1.165, 1.54) is 70.3 Å². The summed E-state index contributed by atoms with van der Waals surface area (Å²) in [5.41, 5.74) is 16.6. The molecule has 1 aliphatic carbocycles. The molecule has 1 aliphatic rings. The summed E-state index contributed by atoms with van der Waals surface area (Å²) in [5.74, 6) is 0.729. The van der Waals surface area contributed by atoms with Crippen LogP contribution in [0.5, 0.6) is 28.7 Å². The first-order chi connectivity index (χ1) is 68.6. The van der Waals surface area contributed by atoms with Crippen molar-refractivity contribution in [3.05, 3.63) is 415 Å². The average Bonchev–Trinajstić information content (AvgIpc) is 1.63. The highest BCUT2D eigenvalue weighted by atomic mass is 32.2. The summed E-state index contributed by atoms with van der Waals surface area (Å²) in [6, 6.07) is 57.6. The Balaban J connectivity index is 0.000000160. The van der Waals surface area contributed by atoms with Gasteiger partial charge in [0.1, 0.15) is 52.0 Å². The lowest BCUT2D eigenvalue weighted by molar-refractivity contribution is 0.412. The predicted octanol–water partition coefficient (Wildman–Crippen LogP) is 18.9. The third-order valence-corrected chi connectivity index (χ3v) is 28.1. The maximum absolute atomic E-state index is 13.2. The number of imidazole rings is 5. The molecular weight excluding hydrogens is 1950 g/mol. The molecule has 0 aliphatic heterocycles. The molecule has 5 heterocycles. The molecule has 4 N–H and O–H groups in total. The monoisotopic (exact) mass is 2060 g/mol. The zero-order chi connectivity index (χ0) is 104. The first-order valence-electron chi connectivity index (χ1n) is 44.6. The van der Waals surface area contributed by atoms with Gasteiger partial charge >= 0.3 is 0 Å². The molecular formula is C105H109F4N15O15S5. The van der Waals surface area contributed by atoms with Crippen LogP contribution in [0.3, 0.4) is 0 Å². The van der Waals surface area contributed by atoms with E-state index in [2.05, 4.69) is 49.9 Å². The van der Waals surface area contributed by atoms with E-state index in [1.807, 2.05) is 175 Å². The van der Waals surface area contributed by atoms with Crippen LogP contribution >= 0.6 is 0 Å².